The van der Waals surface area contributed by atoms with E-state index in [2.05, 4.69) is 0 Å². The van der Waals surface area contributed by atoms with Crippen LogP contribution in [0.5, 0.6) is 0 Å². The van der Waals surface area contributed by atoms with Gasteiger partial charge in [-0.25, -0.2) is 18.2 Å². The first kappa shape index (κ1) is 47.8. The van der Waals surface area contributed by atoms with Gasteiger partial charge in [0.1, 0.15) is 0 Å². The van der Waals surface area contributed by atoms with Gasteiger partial charge in [-0.3, -0.25) is 0 Å². The van der Waals surface area contributed by atoms with Gasteiger partial charge >= 0.3 is 41.8 Å². The largest absolute Gasteiger partial charge is 2.00 e. The molecule has 0 aliphatic carbocycles. The van der Waals surface area contributed by atoms with Crippen molar-refractivity contribution in [3.63, 3.8) is 0 Å². The Bertz CT molecular complexity index is 2080. The Labute approximate surface area is 347 Å². The summed E-state index contributed by atoms with van der Waals surface area (Å²) in [5, 5.41) is 0.369. The molecule has 0 saturated heterocycles. The van der Waals surface area contributed by atoms with Crippen molar-refractivity contribution in [2.75, 3.05) is 0 Å². The molecule has 15 heteroatoms. The number of halogens is 12. The van der Waals surface area contributed by atoms with Crippen LogP contribution >= 0.6 is 15.8 Å². The molecular formula is C44H36F12FeP2. The minimum Gasteiger partial charge on any atom is -0.214 e. The number of alkyl halides is 12. The summed E-state index contributed by atoms with van der Waals surface area (Å²) in [6, 6.07) is 27.4. The maximum absolute atomic E-state index is 14.1. The molecule has 0 radical (unpaired) electrons. The molecule has 0 aromatic heterocycles. The minimum absolute atomic E-state index is 0. The van der Waals surface area contributed by atoms with Gasteiger partial charge in [0.05, 0.1) is 22.3 Å². The Balaban J connectivity index is 0.00000119. The molecule has 0 aliphatic rings. The van der Waals surface area contributed by atoms with Crippen LogP contribution < -0.4 is 26.5 Å². The predicted molar refractivity (Wildman–Crippen MR) is 209 cm³/mol. The van der Waals surface area contributed by atoms with Crippen molar-refractivity contribution < 1.29 is 69.8 Å². The van der Waals surface area contributed by atoms with Crippen LogP contribution in [0, 0.1) is 27.7 Å². The van der Waals surface area contributed by atoms with Crippen molar-refractivity contribution in [3.05, 3.63) is 171 Å². The van der Waals surface area contributed by atoms with E-state index in [1.807, 2.05) is 94.4 Å². The number of hydrogen-bond donors (Lipinski definition) is 0. The Morgan fingerprint density at radius 2 is 0.797 bits per heavy atom. The maximum atomic E-state index is 14.1. The summed E-state index contributed by atoms with van der Waals surface area (Å²) < 4.78 is 170. The summed E-state index contributed by atoms with van der Waals surface area (Å²) in [4.78, 5) is 0. The van der Waals surface area contributed by atoms with E-state index in [9.17, 15) is 52.7 Å². The quantitative estimate of drug-likeness (QED) is 0.0648. The summed E-state index contributed by atoms with van der Waals surface area (Å²) in [6.45, 7) is 9.36. The molecule has 0 unspecified atom stereocenters. The zero-order valence-electron chi connectivity index (χ0n) is 31.9. The average Bonchev–Trinajstić information content (AvgIpc) is 3.83. The summed E-state index contributed by atoms with van der Waals surface area (Å²) in [5.41, 5.74) is -3.50. The van der Waals surface area contributed by atoms with Crippen LogP contribution in [0.1, 0.15) is 62.7 Å². The molecule has 6 aromatic carbocycles. The number of hydrogen-bond acceptors (Lipinski definition) is 0. The van der Waals surface area contributed by atoms with E-state index in [0.29, 0.717) is 29.8 Å². The SMILES string of the molecule is Cc1cc(C)cc(P(c2cc(C)cc(C)c2)[C@H](C)c2cc[cH-]c2P(c2cc(C(F)(F)F)cc(C(F)(F)F)c2)c2cc(C(F)(F)F)cc(C(F)(F)F)c2)c1.[Fe+2].c1cc[cH-]c1. The molecule has 1 atom stereocenters. The second-order valence-electron chi connectivity index (χ2n) is 13.9. The number of benzene rings is 4. The van der Waals surface area contributed by atoms with E-state index in [4.69, 9.17) is 0 Å². The van der Waals surface area contributed by atoms with E-state index < -0.39 is 79.1 Å². The van der Waals surface area contributed by atoms with Crippen LogP contribution in [0.3, 0.4) is 0 Å². The van der Waals surface area contributed by atoms with Gasteiger partial charge < -0.3 is 0 Å². The molecule has 0 aliphatic heterocycles. The van der Waals surface area contributed by atoms with Gasteiger partial charge in [-0.2, -0.15) is 88.6 Å². The zero-order chi connectivity index (χ0) is 43.0. The Hall–Kier alpha value is -3.88. The van der Waals surface area contributed by atoms with Crippen molar-refractivity contribution in [2.24, 2.45) is 0 Å². The normalized spacial score (nSPS) is 12.9. The molecule has 0 heterocycles. The van der Waals surface area contributed by atoms with Crippen LogP contribution in [0.2, 0.25) is 0 Å². The van der Waals surface area contributed by atoms with E-state index >= 15 is 0 Å². The van der Waals surface area contributed by atoms with Crippen LogP contribution in [-0.4, -0.2) is 0 Å². The molecule has 0 spiro atoms. The van der Waals surface area contributed by atoms with E-state index in [-0.39, 0.29) is 34.5 Å². The van der Waals surface area contributed by atoms with Crippen LogP contribution in [0.25, 0.3) is 0 Å². The fraction of sp³-hybridized carbons (Fsp3) is 0.227. The molecule has 0 nitrogen and oxygen atoms in total. The third kappa shape index (κ3) is 11.9. The third-order valence-corrected chi connectivity index (χ3v) is 14.2. The molecule has 314 valence electrons. The van der Waals surface area contributed by atoms with E-state index in [1.54, 1.807) is 13.0 Å². The summed E-state index contributed by atoms with van der Waals surface area (Å²) >= 11 is 0. The molecule has 0 bridgehead atoms. The minimum atomic E-state index is -5.33. The van der Waals surface area contributed by atoms with E-state index in [1.165, 1.54) is 12.1 Å². The van der Waals surface area contributed by atoms with Gasteiger partial charge in [0.15, 0.2) is 0 Å². The maximum Gasteiger partial charge on any atom is 2.00 e. The van der Waals surface area contributed by atoms with Crippen LogP contribution in [0.4, 0.5) is 52.7 Å². The molecule has 6 aromatic rings. The Kier molecular flexibility index (Phi) is 14.9. The van der Waals surface area contributed by atoms with Crippen molar-refractivity contribution in [1.82, 2.24) is 0 Å². The summed E-state index contributed by atoms with van der Waals surface area (Å²) in [6.07, 6.45) is -21.3. The Morgan fingerprint density at radius 3 is 1.08 bits per heavy atom. The average molecular weight is 911 g/mol. The standard InChI is InChI=1S/C39H31F12P2.C5H5.Fe/c1-21-9-22(2)12-30(11-21)52(31-13-23(3)10-24(4)14-31)25(5)34-7-6-8-35(34)53(32-17-26(36(40,41)42)15-27(18-32)37(43,44)45)33-19-28(38(46,47)48)16-29(20-33)39(49,50)51;1-2-4-5-3-1;/h6-20,25H,1-5H3;1-5H;/q2*-1;+2/t25-;;/m1../s1. The molecule has 0 N–H and O–H groups in total. The van der Waals surface area contributed by atoms with Gasteiger partial charge in [0, 0.05) is 0 Å². The van der Waals surface area contributed by atoms with Gasteiger partial charge in [-0.15, -0.1) is 5.30 Å². The van der Waals surface area contributed by atoms with Gasteiger partial charge in [0.25, 0.3) is 0 Å². The van der Waals surface area contributed by atoms with Crippen LogP contribution in [0.15, 0.2) is 121 Å². The number of aryl methyl sites for hydroxylation is 4. The third-order valence-electron chi connectivity index (χ3n) is 9.09. The van der Waals surface area contributed by atoms with Crippen molar-refractivity contribution in [2.45, 2.75) is 65.0 Å². The monoisotopic (exact) mass is 910 g/mol. The second kappa shape index (κ2) is 18.4. The smallest absolute Gasteiger partial charge is 0.214 e. The van der Waals surface area contributed by atoms with E-state index in [0.717, 1.165) is 32.9 Å². The van der Waals surface area contributed by atoms with Crippen molar-refractivity contribution in [3.8, 4) is 0 Å². The van der Waals surface area contributed by atoms with Gasteiger partial charge in [-0.05, 0) is 107 Å². The van der Waals surface area contributed by atoms with Crippen LogP contribution in [-0.2, 0) is 41.8 Å². The second-order valence-corrected chi connectivity index (χ2v) is 18.7. The van der Waals surface area contributed by atoms with Gasteiger partial charge in [-0.1, -0.05) is 65.6 Å². The van der Waals surface area contributed by atoms with Crippen molar-refractivity contribution >= 4 is 42.4 Å². The first-order valence-electron chi connectivity index (χ1n) is 17.6. The molecule has 0 saturated carbocycles. The fourth-order valence-electron chi connectivity index (χ4n) is 6.78. The molecular weight excluding hydrogens is 874 g/mol. The summed E-state index contributed by atoms with van der Waals surface area (Å²) in [7, 11) is -4.31. The molecule has 0 amide bonds. The molecule has 6 rings (SSSR count). The first-order valence-corrected chi connectivity index (χ1v) is 20.4. The summed E-state index contributed by atoms with van der Waals surface area (Å²) in [5.74, 6) is 0. The number of rotatable bonds is 7. The Morgan fingerprint density at radius 1 is 0.458 bits per heavy atom. The fourth-order valence-corrected chi connectivity index (χ4v) is 12.6. The topological polar surface area (TPSA) is 0 Å². The predicted octanol–water partition coefficient (Wildman–Crippen LogP) is 13.1. The first-order chi connectivity index (χ1) is 26.8. The molecule has 0 fully saturated rings. The van der Waals surface area contributed by atoms with Crippen molar-refractivity contribution in [1.29, 1.82) is 0 Å². The van der Waals surface area contributed by atoms with Gasteiger partial charge in [0.2, 0.25) is 0 Å². The molecule has 59 heavy (non-hydrogen) atoms. The zero-order valence-corrected chi connectivity index (χ0v) is 34.8.